The lowest BCUT2D eigenvalue weighted by Gasteiger charge is -2.18. The van der Waals surface area contributed by atoms with Gasteiger partial charge in [-0.3, -0.25) is 9.52 Å². The molecule has 0 spiro atoms. The largest absolute Gasteiger partial charge is 0.416 e. The van der Waals surface area contributed by atoms with Gasteiger partial charge in [-0.2, -0.15) is 13.2 Å². The Morgan fingerprint density at radius 1 is 1.00 bits per heavy atom. The summed E-state index contributed by atoms with van der Waals surface area (Å²) in [5.74, 6) is -0.133. The lowest BCUT2D eigenvalue weighted by molar-refractivity contribution is -0.137. The molecule has 0 radical (unpaired) electrons. The lowest BCUT2D eigenvalue weighted by Crippen LogP contribution is -2.20. The summed E-state index contributed by atoms with van der Waals surface area (Å²) in [5, 5.41) is 2.65. The number of carbonyl (C=O) groups excluding carboxylic acids is 1. The van der Waals surface area contributed by atoms with Gasteiger partial charge in [-0.15, -0.1) is 0 Å². The van der Waals surface area contributed by atoms with E-state index in [2.05, 4.69) is 10.0 Å². The van der Waals surface area contributed by atoms with Gasteiger partial charge in [0.15, 0.2) is 0 Å². The zero-order valence-electron chi connectivity index (χ0n) is 12.7. The normalized spacial score (nSPS) is 14.6. The zero-order chi connectivity index (χ0) is 18.2. The first kappa shape index (κ1) is 17.3. The molecule has 3 rings (SSSR count). The number of alkyl halides is 3. The number of hydrogen-bond acceptors (Lipinski definition) is 3. The number of benzene rings is 2. The molecule has 2 N–H and O–H groups in total. The number of carbonyl (C=O) groups is 1. The molecule has 0 bridgehead atoms. The standard InChI is InChI=1S/C16H13F3N2O3S/c17-16(18,19)11-2-4-12(5-3-11)21-25(23,24)13-6-7-14-10(9-13)1-8-15(22)20-14/h2-7,9,21H,1,8H2,(H,20,22). The molecule has 0 aromatic heterocycles. The first-order chi connectivity index (χ1) is 11.6. The van der Waals surface area contributed by atoms with Crippen molar-refractivity contribution in [2.45, 2.75) is 23.9 Å². The molecule has 0 saturated heterocycles. The summed E-state index contributed by atoms with van der Waals surface area (Å²) in [6, 6.07) is 7.99. The van der Waals surface area contributed by atoms with Crippen molar-refractivity contribution in [2.75, 3.05) is 10.0 Å². The maximum atomic E-state index is 12.5. The van der Waals surface area contributed by atoms with Crippen molar-refractivity contribution in [3.05, 3.63) is 53.6 Å². The molecule has 1 aliphatic heterocycles. The molecule has 1 aliphatic rings. The van der Waals surface area contributed by atoms with Crippen LogP contribution < -0.4 is 10.0 Å². The second-order valence-corrected chi connectivity index (χ2v) is 7.23. The van der Waals surface area contributed by atoms with Crippen molar-refractivity contribution in [3.8, 4) is 0 Å². The molecule has 9 heteroatoms. The lowest BCUT2D eigenvalue weighted by atomic mass is 10.0. The minimum atomic E-state index is -4.49. The van der Waals surface area contributed by atoms with Crippen LogP contribution in [0.3, 0.4) is 0 Å². The third-order valence-corrected chi connectivity index (χ3v) is 5.13. The third-order valence-electron chi connectivity index (χ3n) is 3.75. The predicted molar refractivity (Wildman–Crippen MR) is 85.6 cm³/mol. The molecule has 0 saturated carbocycles. The van der Waals surface area contributed by atoms with Gasteiger partial charge in [0.25, 0.3) is 10.0 Å². The maximum Gasteiger partial charge on any atom is 0.416 e. The van der Waals surface area contributed by atoms with Crippen molar-refractivity contribution >= 4 is 27.3 Å². The molecule has 0 unspecified atom stereocenters. The zero-order valence-corrected chi connectivity index (χ0v) is 13.5. The fourth-order valence-electron chi connectivity index (χ4n) is 2.47. The average molecular weight is 370 g/mol. The van der Waals surface area contributed by atoms with Crippen LogP contribution in [0.15, 0.2) is 47.4 Å². The number of rotatable bonds is 3. The predicted octanol–water partition coefficient (Wildman–Crippen LogP) is 3.39. The quantitative estimate of drug-likeness (QED) is 0.870. The van der Waals surface area contributed by atoms with Gasteiger partial charge < -0.3 is 5.32 Å². The Hall–Kier alpha value is -2.55. The van der Waals surface area contributed by atoms with E-state index >= 15 is 0 Å². The number of fused-ring (bicyclic) bond motifs is 1. The van der Waals surface area contributed by atoms with Gasteiger partial charge in [-0.25, -0.2) is 8.42 Å². The Kier molecular flexibility index (Phi) is 4.19. The first-order valence-corrected chi connectivity index (χ1v) is 8.76. The van der Waals surface area contributed by atoms with Gasteiger partial charge in [0, 0.05) is 17.8 Å². The van der Waals surface area contributed by atoms with Crippen LogP contribution in [0.2, 0.25) is 0 Å². The topological polar surface area (TPSA) is 75.3 Å². The average Bonchev–Trinajstić information content (AvgIpc) is 2.53. The molecule has 2 aromatic carbocycles. The molecule has 0 atom stereocenters. The highest BCUT2D eigenvalue weighted by Crippen LogP contribution is 2.31. The van der Waals surface area contributed by atoms with Gasteiger partial charge in [0.05, 0.1) is 10.5 Å². The van der Waals surface area contributed by atoms with Crippen molar-refractivity contribution in [1.82, 2.24) is 0 Å². The molecule has 0 aliphatic carbocycles. The van der Waals surface area contributed by atoms with E-state index in [1.54, 1.807) is 0 Å². The van der Waals surface area contributed by atoms with E-state index in [0.29, 0.717) is 17.7 Å². The number of sulfonamides is 1. The van der Waals surface area contributed by atoms with Gasteiger partial charge in [-0.05, 0) is 54.4 Å². The summed E-state index contributed by atoms with van der Waals surface area (Å²) >= 11 is 0. The van der Waals surface area contributed by atoms with Crippen molar-refractivity contribution in [2.24, 2.45) is 0 Å². The minimum Gasteiger partial charge on any atom is -0.326 e. The molecule has 2 aromatic rings. The number of anilines is 2. The number of hydrogen-bond donors (Lipinski definition) is 2. The first-order valence-electron chi connectivity index (χ1n) is 7.28. The van der Waals surface area contributed by atoms with Crippen LogP contribution >= 0.6 is 0 Å². The molecule has 0 fully saturated rings. The van der Waals surface area contributed by atoms with Crippen molar-refractivity contribution in [1.29, 1.82) is 0 Å². The second kappa shape index (κ2) is 6.07. The summed E-state index contributed by atoms with van der Waals surface area (Å²) in [5.41, 5.74) is 0.415. The third kappa shape index (κ3) is 3.76. The number of halogens is 3. The fraction of sp³-hybridized carbons (Fsp3) is 0.188. The monoisotopic (exact) mass is 370 g/mol. The molecule has 5 nitrogen and oxygen atoms in total. The highest BCUT2D eigenvalue weighted by molar-refractivity contribution is 7.92. The number of aryl methyl sites for hydroxylation is 1. The minimum absolute atomic E-state index is 0.0257. The second-order valence-electron chi connectivity index (χ2n) is 5.55. The molecular formula is C16H13F3N2O3S. The molecule has 1 heterocycles. The van der Waals surface area contributed by atoms with Crippen LogP contribution in [-0.2, 0) is 27.4 Å². The Balaban J connectivity index is 1.84. The molecule has 25 heavy (non-hydrogen) atoms. The maximum absolute atomic E-state index is 12.5. The van der Waals surface area contributed by atoms with E-state index < -0.39 is 21.8 Å². The van der Waals surface area contributed by atoms with Crippen molar-refractivity contribution < 1.29 is 26.4 Å². The van der Waals surface area contributed by atoms with Crippen LogP contribution in [0.25, 0.3) is 0 Å². The smallest absolute Gasteiger partial charge is 0.326 e. The van der Waals surface area contributed by atoms with Crippen LogP contribution in [-0.4, -0.2) is 14.3 Å². The van der Waals surface area contributed by atoms with E-state index in [0.717, 1.165) is 24.3 Å². The van der Waals surface area contributed by atoms with Crippen LogP contribution in [0.5, 0.6) is 0 Å². The number of nitrogens with one attached hydrogen (secondary N) is 2. The molecular weight excluding hydrogens is 357 g/mol. The summed E-state index contributed by atoms with van der Waals surface area (Å²) < 4.78 is 64.7. The summed E-state index contributed by atoms with van der Waals surface area (Å²) in [6.45, 7) is 0. The van der Waals surface area contributed by atoms with Crippen LogP contribution in [0.1, 0.15) is 17.5 Å². The van der Waals surface area contributed by atoms with E-state index in [1.807, 2.05) is 0 Å². The van der Waals surface area contributed by atoms with Gasteiger partial charge in [0.2, 0.25) is 5.91 Å². The van der Waals surface area contributed by atoms with Gasteiger partial charge >= 0.3 is 6.18 Å². The summed E-state index contributed by atoms with van der Waals surface area (Å²) in [6.07, 6.45) is -3.80. The number of amides is 1. The SMILES string of the molecule is O=C1CCc2cc(S(=O)(=O)Nc3ccc(C(F)(F)F)cc3)ccc2N1. The Morgan fingerprint density at radius 2 is 1.68 bits per heavy atom. The Bertz CT molecular complexity index is 923. The van der Waals surface area contributed by atoms with Gasteiger partial charge in [-0.1, -0.05) is 0 Å². The van der Waals surface area contributed by atoms with Crippen molar-refractivity contribution in [3.63, 3.8) is 0 Å². The fourth-order valence-corrected chi connectivity index (χ4v) is 3.58. The summed E-state index contributed by atoms with van der Waals surface area (Å²) in [4.78, 5) is 11.3. The van der Waals surface area contributed by atoms with Crippen LogP contribution in [0, 0.1) is 0 Å². The molecule has 132 valence electrons. The van der Waals surface area contributed by atoms with E-state index in [4.69, 9.17) is 0 Å². The van der Waals surface area contributed by atoms with E-state index in [1.165, 1.54) is 18.2 Å². The van der Waals surface area contributed by atoms with E-state index in [-0.39, 0.29) is 22.9 Å². The Morgan fingerprint density at radius 3 is 2.32 bits per heavy atom. The highest BCUT2D eigenvalue weighted by atomic mass is 32.2. The molecule has 1 amide bonds. The van der Waals surface area contributed by atoms with E-state index in [9.17, 15) is 26.4 Å². The summed E-state index contributed by atoms with van der Waals surface area (Å²) in [7, 11) is -3.95. The van der Waals surface area contributed by atoms with Gasteiger partial charge in [0.1, 0.15) is 0 Å². The highest BCUT2D eigenvalue weighted by Gasteiger charge is 2.30. The van der Waals surface area contributed by atoms with Crippen LogP contribution in [0.4, 0.5) is 24.5 Å². The Labute approximate surface area is 141 Å².